The van der Waals surface area contributed by atoms with Gasteiger partial charge in [0.05, 0.1) is 17.1 Å². The lowest BCUT2D eigenvalue weighted by atomic mass is 10.0. The Kier molecular flexibility index (Phi) is 7.48. The largest absolute Gasteiger partial charge is 0.372 e. The second kappa shape index (κ2) is 9.77. The smallest absolute Gasteiger partial charge is 0.270 e. The van der Waals surface area contributed by atoms with Gasteiger partial charge in [-0.1, -0.05) is 37.8 Å². The zero-order valence-electron chi connectivity index (χ0n) is 19.5. The fourth-order valence-electron chi connectivity index (χ4n) is 4.16. The molecule has 3 heterocycles. The first-order valence-corrected chi connectivity index (χ1v) is 12.1. The Balaban J connectivity index is 2.12. The van der Waals surface area contributed by atoms with Crippen molar-refractivity contribution in [3.63, 3.8) is 0 Å². The van der Waals surface area contributed by atoms with E-state index in [-0.39, 0.29) is 29.2 Å². The Morgan fingerprint density at radius 3 is 2.47 bits per heavy atom. The lowest BCUT2D eigenvalue weighted by Gasteiger charge is -2.38. The molecule has 2 aliphatic rings. The molecule has 0 radical (unpaired) electrons. The topological polar surface area (TPSA) is 78.6 Å². The van der Waals surface area contributed by atoms with Gasteiger partial charge in [0.1, 0.15) is 21.8 Å². The summed E-state index contributed by atoms with van der Waals surface area (Å²) < 4.78 is 7.93. The Morgan fingerprint density at radius 1 is 1.28 bits per heavy atom. The van der Waals surface area contributed by atoms with Gasteiger partial charge in [-0.25, -0.2) is 0 Å². The van der Waals surface area contributed by atoms with Gasteiger partial charge in [0.2, 0.25) is 0 Å². The normalized spacial score (nSPS) is 22.9. The fourth-order valence-corrected chi connectivity index (χ4v) is 5.45. The lowest BCUT2D eigenvalue weighted by Crippen LogP contribution is -2.47. The van der Waals surface area contributed by atoms with Crippen LogP contribution in [0, 0.1) is 24.2 Å². The summed E-state index contributed by atoms with van der Waals surface area (Å²) in [4.78, 5) is 30.3. The molecule has 172 valence electrons. The van der Waals surface area contributed by atoms with E-state index in [4.69, 9.17) is 17.0 Å². The van der Waals surface area contributed by atoms with Gasteiger partial charge in [-0.3, -0.25) is 19.1 Å². The lowest BCUT2D eigenvalue weighted by molar-refractivity contribution is -0.122. The number of carbonyl (C=O) groups excluding carboxylic acids is 1. The molecule has 2 saturated heterocycles. The number of rotatable bonds is 5. The van der Waals surface area contributed by atoms with Crippen molar-refractivity contribution >= 4 is 46.1 Å². The summed E-state index contributed by atoms with van der Waals surface area (Å²) in [7, 11) is 1.67. The summed E-state index contributed by atoms with van der Waals surface area (Å²) >= 11 is 6.74. The molecule has 0 aliphatic carbocycles. The Morgan fingerprint density at radius 2 is 1.91 bits per heavy atom. The SMILES string of the molecule is Cc1c(/C=C2\SC(=S)N(CCC(C)C)C2=O)c(N2C[C@@H](C)O[C@H](C)C2)n(C)c(=O)c1C#N. The molecule has 0 aromatic carbocycles. The zero-order valence-corrected chi connectivity index (χ0v) is 21.1. The predicted octanol–water partition coefficient (Wildman–Crippen LogP) is 3.43. The number of morpholine rings is 1. The highest BCUT2D eigenvalue weighted by molar-refractivity contribution is 8.26. The molecular formula is C23H30N4O3S2. The van der Waals surface area contributed by atoms with Crippen molar-refractivity contribution in [2.75, 3.05) is 24.5 Å². The van der Waals surface area contributed by atoms with E-state index in [0.717, 1.165) is 6.42 Å². The van der Waals surface area contributed by atoms with Crippen molar-refractivity contribution in [1.29, 1.82) is 5.26 Å². The van der Waals surface area contributed by atoms with Crippen LogP contribution in [0.15, 0.2) is 9.70 Å². The van der Waals surface area contributed by atoms with E-state index in [9.17, 15) is 14.9 Å². The number of pyridine rings is 1. The van der Waals surface area contributed by atoms with Crippen LogP contribution < -0.4 is 10.5 Å². The number of nitrogens with zero attached hydrogens (tertiary/aromatic N) is 4. The summed E-state index contributed by atoms with van der Waals surface area (Å²) in [6.45, 7) is 11.8. The van der Waals surface area contributed by atoms with Crippen molar-refractivity contribution in [2.24, 2.45) is 13.0 Å². The van der Waals surface area contributed by atoms with E-state index in [1.807, 2.05) is 19.9 Å². The second-order valence-electron chi connectivity index (χ2n) is 8.89. The standard InChI is InChI=1S/C23H30N4O3S2/c1-13(2)7-8-27-22(29)19(32-23(27)31)9-17-16(5)18(10-24)21(28)25(6)20(17)26-11-14(3)30-15(4)12-26/h9,13-15H,7-8,11-12H2,1-6H3/b19-9-/t14-,15-/m1/s1. The highest BCUT2D eigenvalue weighted by atomic mass is 32.2. The maximum atomic E-state index is 13.1. The molecule has 2 aliphatic heterocycles. The van der Waals surface area contributed by atoms with E-state index in [2.05, 4.69) is 18.7 Å². The Hall–Kier alpha value is -2.15. The molecule has 1 aromatic heterocycles. The van der Waals surface area contributed by atoms with Gasteiger partial charge in [-0.05, 0) is 44.7 Å². The maximum absolute atomic E-state index is 13.1. The van der Waals surface area contributed by atoms with Crippen molar-refractivity contribution in [2.45, 2.75) is 53.2 Å². The van der Waals surface area contributed by atoms with Crippen molar-refractivity contribution in [3.8, 4) is 6.07 Å². The molecule has 1 aromatic rings. The van der Waals surface area contributed by atoms with Crippen molar-refractivity contribution in [1.82, 2.24) is 9.47 Å². The second-order valence-corrected chi connectivity index (χ2v) is 10.6. The number of carbonyl (C=O) groups is 1. The molecule has 32 heavy (non-hydrogen) atoms. The third kappa shape index (κ3) is 4.77. The highest BCUT2D eigenvalue weighted by Gasteiger charge is 2.33. The monoisotopic (exact) mass is 474 g/mol. The van der Waals surface area contributed by atoms with Gasteiger partial charge in [-0.15, -0.1) is 0 Å². The minimum absolute atomic E-state index is 0.00750. The van der Waals surface area contributed by atoms with E-state index >= 15 is 0 Å². The van der Waals surface area contributed by atoms with Crippen LogP contribution in [-0.4, -0.2) is 51.5 Å². The number of hydrogen-bond donors (Lipinski definition) is 0. The highest BCUT2D eigenvalue weighted by Crippen LogP contribution is 2.36. The summed E-state index contributed by atoms with van der Waals surface area (Å²) in [5.74, 6) is 1.03. The van der Waals surface area contributed by atoms with Gasteiger partial charge < -0.3 is 9.64 Å². The number of aromatic nitrogens is 1. The molecule has 7 nitrogen and oxygen atoms in total. The quantitative estimate of drug-likeness (QED) is 0.478. The van der Waals surface area contributed by atoms with Crippen LogP contribution in [-0.2, 0) is 16.6 Å². The average molecular weight is 475 g/mol. The minimum Gasteiger partial charge on any atom is -0.372 e. The first-order valence-electron chi connectivity index (χ1n) is 10.8. The molecule has 0 bridgehead atoms. The van der Waals surface area contributed by atoms with Crippen LogP contribution in [0.3, 0.4) is 0 Å². The summed E-state index contributed by atoms with van der Waals surface area (Å²) in [6.07, 6.45) is 2.65. The van der Waals surface area contributed by atoms with Crippen LogP contribution in [0.4, 0.5) is 5.82 Å². The van der Waals surface area contributed by atoms with Gasteiger partial charge in [-0.2, -0.15) is 5.26 Å². The number of anilines is 1. The number of nitriles is 1. The van der Waals surface area contributed by atoms with Crippen LogP contribution >= 0.6 is 24.0 Å². The first kappa shape index (κ1) is 24.5. The van der Waals surface area contributed by atoms with E-state index < -0.39 is 0 Å². The Bertz CT molecular complexity index is 1060. The van der Waals surface area contributed by atoms with Gasteiger partial charge in [0, 0.05) is 32.2 Å². The molecule has 0 saturated carbocycles. The molecule has 3 rings (SSSR count). The van der Waals surface area contributed by atoms with E-state index in [0.29, 0.717) is 51.7 Å². The summed E-state index contributed by atoms with van der Waals surface area (Å²) in [6, 6.07) is 2.05. The van der Waals surface area contributed by atoms with Crippen molar-refractivity contribution in [3.05, 3.63) is 31.9 Å². The maximum Gasteiger partial charge on any atom is 0.270 e. The van der Waals surface area contributed by atoms with Crippen LogP contribution in [0.5, 0.6) is 0 Å². The summed E-state index contributed by atoms with van der Waals surface area (Å²) in [5, 5.41) is 9.63. The van der Waals surface area contributed by atoms with Crippen LogP contribution in [0.1, 0.15) is 50.8 Å². The van der Waals surface area contributed by atoms with E-state index in [1.165, 1.54) is 16.3 Å². The molecule has 9 heteroatoms. The number of amides is 1. The predicted molar refractivity (Wildman–Crippen MR) is 133 cm³/mol. The summed E-state index contributed by atoms with van der Waals surface area (Å²) in [5.41, 5.74) is 1.03. The molecular weight excluding hydrogens is 444 g/mol. The van der Waals surface area contributed by atoms with Gasteiger partial charge >= 0.3 is 0 Å². The fraction of sp³-hybridized carbons (Fsp3) is 0.565. The number of hydrogen-bond acceptors (Lipinski definition) is 7. The molecule has 0 N–H and O–H groups in total. The third-order valence-electron chi connectivity index (χ3n) is 5.77. The number of thioether (sulfide) groups is 1. The number of ether oxygens (including phenoxy) is 1. The Labute approximate surface area is 199 Å². The van der Waals surface area contributed by atoms with Crippen LogP contribution in [0.25, 0.3) is 6.08 Å². The van der Waals surface area contributed by atoms with Gasteiger partial charge in [0.25, 0.3) is 11.5 Å². The van der Waals surface area contributed by atoms with E-state index in [1.54, 1.807) is 24.9 Å². The number of thiocarbonyl (C=S) groups is 1. The van der Waals surface area contributed by atoms with Gasteiger partial charge in [0.15, 0.2) is 0 Å². The molecule has 0 spiro atoms. The molecule has 2 fully saturated rings. The molecule has 1 amide bonds. The average Bonchev–Trinajstić information content (AvgIpc) is 2.97. The molecule has 2 atom stereocenters. The minimum atomic E-state index is -0.339. The molecule has 0 unspecified atom stereocenters. The van der Waals surface area contributed by atoms with Crippen LogP contribution in [0.2, 0.25) is 0 Å². The van der Waals surface area contributed by atoms with Crippen molar-refractivity contribution < 1.29 is 9.53 Å². The zero-order chi connectivity index (χ0) is 23.7. The first-order chi connectivity index (χ1) is 15.0. The third-order valence-corrected chi connectivity index (χ3v) is 7.14.